The summed E-state index contributed by atoms with van der Waals surface area (Å²) in [6.07, 6.45) is 14.1. The summed E-state index contributed by atoms with van der Waals surface area (Å²) in [7, 11) is -1.15. The van der Waals surface area contributed by atoms with Gasteiger partial charge in [-0.05, 0) is 31.9 Å². The summed E-state index contributed by atoms with van der Waals surface area (Å²) >= 11 is 0. The van der Waals surface area contributed by atoms with Gasteiger partial charge in [0, 0.05) is 43.2 Å². The molecule has 182 valence electrons. The number of ether oxygens (including phenoxy) is 1. The number of aromatic nitrogens is 2. The Morgan fingerprint density at radius 3 is 2.76 bits per heavy atom. The lowest BCUT2D eigenvalue weighted by Crippen LogP contribution is -2.36. The topological polar surface area (TPSA) is 79.4 Å². The fraction of sp³-hybridized carbons (Fsp3) is 0.385. The van der Waals surface area contributed by atoms with Gasteiger partial charge >= 0.3 is 0 Å². The molecular formula is C26H35N5O2S. The molecule has 0 saturated carbocycles. The fourth-order valence-corrected chi connectivity index (χ4v) is 4.10. The molecule has 2 heterocycles. The first-order chi connectivity index (χ1) is 16.6. The molecule has 0 radical (unpaired) electrons. The van der Waals surface area contributed by atoms with Crippen molar-refractivity contribution in [3.05, 3.63) is 66.3 Å². The summed E-state index contributed by atoms with van der Waals surface area (Å²) in [5.74, 6) is 2.30. The smallest absolute Gasteiger partial charge is 0.163 e. The first-order valence-electron chi connectivity index (χ1n) is 11.7. The van der Waals surface area contributed by atoms with Crippen molar-refractivity contribution >= 4 is 28.3 Å². The Bertz CT molecular complexity index is 1050. The van der Waals surface area contributed by atoms with Crippen LogP contribution in [0.3, 0.4) is 0 Å². The predicted octanol–water partition coefficient (Wildman–Crippen LogP) is 4.96. The lowest BCUT2D eigenvalue weighted by Gasteiger charge is -2.28. The van der Waals surface area contributed by atoms with Crippen LogP contribution in [0, 0.1) is 0 Å². The van der Waals surface area contributed by atoms with Gasteiger partial charge in [0.2, 0.25) is 0 Å². The maximum absolute atomic E-state index is 11.6. The Morgan fingerprint density at radius 1 is 1.21 bits per heavy atom. The number of morpholine rings is 1. The second-order valence-corrected chi connectivity index (χ2v) is 9.03. The van der Waals surface area contributed by atoms with Crippen molar-refractivity contribution < 1.29 is 8.95 Å². The van der Waals surface area contributed by atoms with Crippen molar-refractivity contribution in [2.75, 3.05) is 54.0 Å². The lowest BCUT2D eigenvalue weighted by molar-refractivity contribution is 0.122. The number of nitrogens with one attached hydrogen (secondary N) is 2. The van der Waals surface area contributed by atoms with E-state index in [-0.39, 0.29) is 0 Å². The van der Waals surface area contributed by atoms with Crippen molar-refractivity contribution in [2.45, 2.75) is 26.7 Å². The fourth-order valence-electron chi connectivity index (χ4n) is 3.64. The maximum atomic E-state index is 11.6. The molecule has 1 atom stereocenters. The number of rotatable bonds is 11. The van der Waals surface area contributed by atoms with Crippen molar-refractivity contribution in [3.63, 3.8) is 0 Å². The highest BCUT2D eigenvalue weighted by atomic mass is 32.2. The number of hydrogen-bond donors (Lipinski definition) is 2. The summed E-state index contributed by atoms with van der Waals surface area (Å²) in [5, 5.41) is 3.49. The summed E-state index contributed by atoms with van der Waals surface area (Å²) in [5.41, 5.74) is 2.94. The van der Waals surface area contributed by atoms with Gasteiger partial charge in [-0.15, -0.1) is 0 Å². The van der Waals surface area contributed by atoms with Gasteiger partial charge in [-0.3, -0.25) is 0 Å². The van der Waals surface area contributed by atoms with E-state index in [4.69, 9.17) is 14.7 Å². The van der Waals surface area contributed by atoms with E-state index in [1.807, 2.05) is 49.4 Å². The zero-order chi connectivity index (χ0) is 24.2. The Kier molecular flexibility index (Phi) is 10.3. The van der Waals surface area contributed by atoms with E-state index in [9.17, 15) is 4.21 Å². The predicted molar refractivity (Wildman–Crippen MR) is 144 cm³/mol. The summed E-state index contributed by atoms with van der Waals surface area (Å²) in [4.78, 5) is 11.9. The first-order valence-corrected chi connectivity index (χ1v) is 13.3. The van der Waals surface area contributed by atoms with Gasteiger partial charge in [-0.1, -0.05) is 55.0 Å². The SMILES string of the molecule is C\C=C/C=C\C(=C\CC)CCNc1cc(N2CCOCC2)nc(-c2cccc(NS(C)=O)c2)n1. The van der Waals surface area contributed by atoms with Crippen molar-refractivity contribution in [3.8, 4) is 11.4 Å². The quantitative estimate of drug-likeness (QED) is 0.442. The van der Waals surface area contributed by atoms with E-state index >= 15 is 0 Å². The first kappa shape index (κ1) is 25.6. The molecule has 1 saturated heterocycles. The molecule has 2 N–H and O–H groups in total. The molecule has 1 aromatic carbocycles. The second-order valence-electron chi connectivity index (χ2n) is 7.92. The standard InChI is InChI=1S/C26H35N5O2S/c1-4-6-7-10-21(9-5-2)13-14-27-24-20-25(31-15-17-33-18-16-31)29-26(28-24)22-11-8-12-23(19-22)30-34(3)32/h4,6-12,19-20,30H,5,13-18H2,1-3H3,(H,27,28,29)/b6-4-,10-7-,21-9-. The van der Waals surface area contributed by atoms with E-state index in [2.05, 4.69) is 40.1 Å². The van der Waals surface area contributed by atoms with Crippen molar-refractivity contribution in [1.82, 2.24) is 9.97 Å². The van der Waals surface area contributed by atoms with Gasteiger partial charge in [-0.25, -0.2) is 14.2 Å². The minimum atomic E-state index is -1.15. The lowest BCUT2D eigenvalue weighted by atomic mass is 10.1. The molecule has 3 rings (SSSR count). The molecule has 0 aliphatic carbocycles. The third kappa shape index (κ3) is 8.11. The Hall–Kier alpha value is -2.97. The van der Waals surface area contributed by atoms with Gasteiger partial charge in [0.25, 0.3) is 0 Å². The molecule has 0 spiro atoms. The monoisotopic (exact) mass is 481 g/mol. The van der Waals surface area contributed by atoms with Gasteiger partial charge in [0.05, 0.1) is 13.2 Å². The highest BCUT2D eigenvalue weighted by Crippen LogP contribution is 2.25. The highest BCUT2D eigenvalue weighted by Gasteiger charge is 2.16. The van der Waals surface area contributed by atoms with Crippen LogP contribution in [0.15, 0.2) is 66.3 Å². The second kappa shape index (κ2) is 13.7. The van der Waals surface area contributed by atoms with Crippen molar-refractivity contribution in [2.24, 2.45) is 0 Å². The minimum absolute atomic E-state index is 0.634. The zero-order valence-electron chi connectivity index (χ0n) is 20.3. The molecular weight excluding hydrogens is 446 g/mol. The number of hydrogen-bond acceptors (Lipinski definition) is 6. The third-order valence-electron chi connectivity index (χ3n) is 5.23. The molecule has 1 fully saturated rings. The Morgan fingerprint density at radius 2 is 2.03 bits per heavy atom. The van der Waals surface area contributed by atoms with Crippen LogP contribution in [-0.2, 0) is 15.7 Å². The van der Waals surface area contributed by atoms with Gasteiger partial charge < -0.3 is 19.7 Å². The Labute approximate surface area is 205 Å². The highest BCUT2D eigenvalue weighted by molar-refractivity contribution is 7.85. The molecule has 1 aromatic heterocycles. The molecule has 0 bridgehead atoms. The largest absolute Gasteiger partial charge is 0.378 e. The molecule has 8 heteroatoms. The van der Waals surface area contributed by atoms with Gasteiger partial charge in [0.1, 0.15) is 22.6 Å². The minimum Gasteiger partial charge on any atom is -0.378 e. The summed E-state index contributed by atoms with van der Waals surface area (Å²) in [6.45, 7) is 7.90. The average molecular weight is 482 g/mol. The number of benzene rings is 1. The van der Waals surface area contributed by atoms with E-state index < -0.39 is 11.0 Å². The summed E-state index contributed by atoms with van der Waals surface area (Å²) in [6, 6.07) is 9.72. The Balaban J connectivity index is 1.83. The van der Waals surface area contributed by atoms with Crippen LogP contribution in [0.2, 0.25) is 0 Å². The number of allylic oxidation sites excluding steroid dienone is 5. The molecule has 1 unspecified atom stereocenters. The third-order valence-corrected chi connectivity index (χ3v) is 5.75. The van der Waals surface area contributed by atoms with E-state index in [1.165, 1.54) is 5.57 Å². The van der Waals surface area contributed by atoms with E-state index in [0.29, 0.717) is 19.0 Å². The maximum Gasteiger partial charge on any atom is 0.163 e. The van der Waals surface area contributed by atoms with Crippen LogP contribution in [-0.4, -0.2) is 53.3 Å². The number of nitrogens with zero attached hydrogens (tertiary/aromatic N) is 3. The zero-order valence-corrected chi connectivity index (χ0v) is 21.1. The molecule has 1 aliphatic heterocycles. The molecule has 34 heavy (non-hydrogen) atoms. The van der Waals surface area contributed by atoms with Crippen molar-refractivity contribution in [1.29, 1.82) is 0 Å². The van der Waals surface area contributed by atoms with Gasteiger partial charge in [0.15, 0.2) is 5.82 Å². The molecule has 0 amide bonds. The van der Waals surface area contributed by atoms with Crippen LogP contribution < -0.4 is 14.9 Å². The van der Waals surface area contributed by atoms with Crippen LogP contribution in [0.25, 0.3) is 11.4 Å². The van der Waals surface area contributed by atoms with E-state index in [0.717, 1.165) is 55.4 Å². The van der Waals surface area contributed by atoms with Crippen LogP contribution >= 0.6 is 0 Å². The molecule has 7 nitrogen and oxygen atoms in total. The average Bonchev–Trinajstić information content (AvgIpc) is 2.84. The normalized spacial score (nSPS) is 15.7. The van der Waals surface area contributed by atoms with Crippen LogP contribution in [0.5, 0.6) is 0 Å². The summed E-state index contributed by atoms with van der Waals surface area (Å²) < 4.78 is 20.1. The van der Waals surface area contributed by atoms with E-state index in [1.54, 1.807) is 6.26 Å². The van der Waals surface area contributed by atoms with Crippen LogP contribution in [0.1, 0.15) is 26.7 Å². The van der Waals surface area contributed by atoms with Crippen LogP contribution in [0.4, 0.5) is 17.3 Å². The molecule has 2 aromatic rings. The van der Waals surface area contributed by atoms with Gasteiger partial charge in [-0.2, -0.15) is 0 Å². The number of anilines is 3. The molecule has 1 aliphatic rings.